The molecule has 0 aliphatic heterocycles. The molecule has 3 aromatic carbocycles. The summed E-state index contributed by atoms with van der Waals surface area (Å²) >= 11 is 12.3. The van der Waals surface area contributed by atoms with Crippen molar-refractivity contribution in [2.24, 2.45) is 0 Å². The number of benzene rings is 3. The molecule has 4 rings (SSSR count). The first-order valence-corrected chi connectivity index (χ1v) is 13.7. The minimum atomic E-state index is -3.86. The molecular formula is C27H24Cl2N4O3S. The molecule has 4 aromatic rings. The predicted octanol–water partition coefficient (Wildman–Crippen LogP) is 6.33. The van der Waals surface area contributed by atoms with Gasteiger partial charge in [0, 0.05) is 30.9 Å². The number of carbonyl (C=O) groups excluding carboxylic acids is 1. The van der Waals surface area contributed by atoms with E-state index in [0.29, 0.717) is 28.6 Å². The number of ketones is 1. The molecule has 0 bridgehead atoms. The van der Waals surface area contributed by atoms with Gasteiger partial charge in [-0.2, -0.15) is 0 Å². The number of carbonyl (C=O) groups is 1. The summed E-state index contributed by atoms with van der Waals surface area (Å²) in [5, 5.41) is 4.14. The SMILES string of the molecule is O=C(CCc1ccccc1)CC(Nc1ccc(S(=O)(=O)Nc2ncccn2)cc1)c1ccc(Cl)c(Cl)c1. The van der Waals surface area contributed by atoms with E-state index >= 15 is 0 Å². The number of aromatic nitrogens is 2. The third-order valence-electron chi connectivity index (χ3n) is 5.61. The van der Waals surface area contributed by atoms with Gasteiger partial charge < -0.3 is 5.32 Å². The van der Waals surface area contributed by atoms with Gasteiger partial charge in [0.1, 0.15) is 5.78 Å². The lowest BCUT2D eigenvalue weighted by atomic mass is 9.97. The van der Waals surface area contributed by atoms with E-state index in [1.54, 1.807) is 30.3 Å². The lowest BCUT2D eigenvalue weighted by Crippen LogP contribution is -2.17. The molecule has 190 valence electrons. The number of rotatable bonds is 11. The van der Waals surface area contributed by atoms with E-state index in [4.69, 9.17) is 23.2 Å². The van der Waals surface area contributed by atoms with E-state index in [1.807, 2.05) is 36.4 Å². The van der Waals surface area contributed by atoms with E-state index in [-0.39, 0.29) is 23.0 Å². The molecule has 0 saturated carbocycles. The highest BCUT2D eigenvalue weighted by molar-refractivity contribution is 7.92. The maximum atomic E-state index is 12.9. The second-order valence-electron chi connectivity index (χ2n) is 8.30. The van der Waals surface area contributed by atoms with Crippen molar-refractivity contribution in [3.63, 3.8) is 0 Å². The number of Topliss-reactive ketones (excluding diaryl/α,β-unsaturated/α-hetero) is 1. The fourth-order valence-electron chi connectivity index (χ4n) is 3.70. The summed E-state index contributed by atoms with van der Waals surface area (Å²) in [6, 6.07) is 22.5. The highest BCUT2D eigenvalue weighted by Gasteiger charge is 2.19. The Labute approximate surface area is 225 Å². The molecule has 10 heteroatoms. The molecule has 0 amide bonds. The summed E-state index contributed by atoms with van der Waals surface area (Å²) in [5.74, 6) is 0.0667. The van der Waals surface area contributed by atoms with Crippen LogP contribution in [-0.4, -0.2) is 24.2 Å². The molecule has 37 heavy (non-hydrogen) atoms. The van der Waals surface area contributed by atoms with Gasteiger partial charge in [-0.15, -0.1) is 0 Å². The molecule has 0 aliphatic carbocycles. The second-order valence-corrected chi connectivity index (χ2v) is 10.8. The fraction of sp³-hybridized carbons (Fsp3) is 0.148. The van der Waals surface area contributed by atoms with Crippen LogP contribution < -0.4 is 10.0 Å². The van der Waals surface area contributed by atoms with Crippen molar-refractivity contribution < 1.29 is 13.2 Å². The van der Waals surface area contributed by atoms with Gasteiger partial charge in [-0.1, -0.05) is 59.6 Å². The Morgan fingerprint density at radius 3 is 2.24 bits per heavy atom. The summed E-state index contributed by atoms with van der Waals surface area (Å²) in [7, 11) is -3.86. The van der Waals surface area contributed by atoms with Crippen molar-refractivity contribution in [3.8, 4) is 0 Å². The molecule has 1 atom stereocenters. The van der Waals surface area contributed by atoms with Crippen LogP contribution in [0, 0.1) is 0 Å². The average molecular weight is 555 g/mol. The Balaban J connectivity index is 1.49. The van der Waals surface area contributed by atoms with Crippen LogP contribution >= 0.6 is 23.2 Å². The summed E-state index contributed by atoms with van der Waals surface area (Å²) in [5.41, 5.74) is 2.53. The van der Waals surface area contributed by atoms with Crippen molar-refractivity contribution in [2.75, 3.05) is 10.0 Å². The van der Waals surface area contributed by atoms with E-state index < -0.39 is 16.1 Å². The zero-order chi connectivity index (χ0) is 26.3. The molecule has 0 spiro atoms. The topological polar surface area (TPSA) is 101 Å². The number of sulfonamides is 1. The van der Waals surface area contributed by atoms with Crippen LogP contribution in [0.25, 0.3) is 0 Å². The monoisotopic (exact) mass is 554 g/mol. The maximum absolute atomic E-state index is 12.9. The first-order valence-electron chi connectivity index (χ1n) is 11.5. The van der Waals surface area contributed by atoms with Crippen LogP contribution in [0.5, 0.6) is 0 Å². The summed E-state index contributed by atoms with van der Waals surface area (Å²) < 4.78 is 27.7. The van der Waals surface area contributed by atoms with Crippen LogP contribution in [-0.2, 0) is 21.2 Å². The largest absolute Gasteiger partial charge is 0.378 e. The van der Waals surface area contributed by atoms with E-state index in [2.05, 4.69) is 20.0 Å². The lowest BCUT2D eigenvalue weighted by Gasteiger charge is -2.21. The highest BCUT2D eigenvalue weighted by Crippen LogP contribution is 2.30. The molecule has 0 saturated heterocycles. The molecule has 1 unspecified atom stereocenters. The van der Waals surface area contributed by atoms with Gasteiger partial charge in [0.05, 0.1) is 21.0 Å². The van der Waals surface area contributed by atoms with Gasteiger partial charge in [0.25, 0.3) is 10.0 Å². The smallest absolute Gasteiger partial charge is 0.264 e. The van der Waals surface area contributed by atoms with Crippen molar-refractivity contribution in [1.82, 2.24) is 9.97 Å². The van der Waals surface area contributed by atoms with Gasteiger partial charge in [-0.3, -0.25) is 4.79 Å². The normalized spacial score (nSPS) is 12.1. The van der Waals surface area contributed by atoms with Crippen LogP contribution in [0.2, 0.25) is 10.0 Å². The zero-order valence-electron chi connectivity index (χ0n) is 19.6. The quantitative estimate of drug-likeness (QED) is 0.224. The second kappa shape index (κ2) is 12.2. The first-order chi connectivity index (χ1) is 17.8. The van der Waals surface area contributed by atoms with E-state index in [0.717, 1.165) is 11.1 Å². The third-order valence-corrected chi connectivity index (χ3v) is 7.69. The average Bonchev–Trinajstić information content (AvgIpc) is 2.90. The zero-order valence-corrected chi connectivity index (χ0v) is 22.0. The van der Waals surface area contributed by atoms with Gasteiger partial charge in [-0.05, 0) is 60.0 Å². The molecular weight excluding hydrogens is 531 g/mol. The Bertz CT molecular complexity index is 1450. The van der Waals surface area contributed by atoms with E-state index in [1.165, 1.54) is 24.5 Å². The molecule has 7 nitrogen and oxygen atoms in total. The number of anilines is 2. The molecule has 2 N–H and O–H groups in total. The predicted molar refractivity (Wildman–Crippen MR) is 146 cm³/mol. The fourth-order valence-corrected chi connectivity index (χ4v) is 4.97. The molecule has 0 fully saturated rings. The Morgan fingerprint density at radius 2 is 1.57 bits per heavy atom. The molecule has 1 aromatic heterocycles. The number of hydrogen-bond donors (Lipinski definition) is 2. The van der Waals surface area contributed by atoms with Crippen LogP contribution in [0.15, 0.2) is 96.2 Å². The standard InChI is InChI=1S/C27H24Cl2N4O3S/c28-24-14-8-20(17-25(24)29)26(18-22(34)11-7-19-5-2-1-3-6-19)32-21-9-12-23(13-10-21)37(35,36)33-27-30-15-4-16-31-27/h1-6,8-10,12-17,26,32H,7,11,18H2,(H,30,31,33). The van der Waals surface area contributed by atoms with E-state index in [9.17, 15) is 13.2 Å². The molecule has 0 aliphatic rings. The van der Waals surface area contributed by atoms with Crippen LogP contribution in [0.1, 0.15) is 30.0 Å². The van der Waals surface area contributed by atoms with Gasteiger partial charge >= 0.3 is 0 Å². The van der Waals surface area contributed by atoms with Gasteiger partial charge in [0.2, 0.25) is 5.95 Å². The Hall–Kier alpha value is -3.46. The summed E-state index contributed by atoms with van der Waals surface area (Å²) in [6.45, 7) is 0. The lowest BCUT2D eigenvalue weighted by molar-refractivity contribution is -0.119. The minimum Gasteiger partial charge on any atom is -0.378 e. The number of hydrogen-bond acceptors (Lipinski definition) is 6. The minimum absolute atomic E-state index is 0.0154. The van der Waals surface area contributed by atoms with Crippen LogP contribution in [0.3, 0.4) is 0 Å². The Morgan fingerprint density at radius 1 is 0.865 bits per heavy atom. The number of nitrogens with zero attached hydrogens (tertiary/aromatic N) is 2. The molecule has 0 radical (unpaired) electrons. The van der Waals surface area contributed by atoms with Crippen molar-refractivity contribution in [3.05, 3.63) is 112 Å². The summed E-state index contributed by atoms with van der Waals surface area (Å²) in [6.07, 6.45) is 4.16. The van der Waals surface area contributed by atoms with Crippen molar-refractivity contribution in [2.45, 2.75) is 30.2 Å². The number of halogens is 2. The maximum Gasteiger partial charge on any atom is 0.264 e. The summed E-state index contributed by atoms with van der Waals surface area (Å²) in [4.78, 5) is 20.7. The van der Waals surface area contributed by atoms with Crippen molar-refractivity contribution >= 4 is 50.6 Å². The Kier molecular flexibility index (Phi) is 8.76. The van der Waals surface area contributed by atoms with Crippen molar-refractivity contribution in [1.29, 1.82) is 0 Å². The third kappa shape index (κ3) is 7.52. The van der Waals surface area contributed by atoms with Gasteiger partial charge in [-0.25, -0.2) is 23.1 Å². The highest BCUT2D eigenvalue weighted by atomic mass is 35.5. The van der Waals surface area contributed by atoms with Crippen LogP contribution in [0.4, 0.5) is 11.6 Å². The van der Waals surface area contributed by atoms with Gasteiger partial charge in [0.15, 0.2) is 0 Å². The first kappa shape index (κ1) is 26.6. The number of aryl methyl sites for hydroxylation is 1. The number of nitrogens with one attached hydrogen (secondary N) is 2. The molecule has 1 heterocycles.